The van der Waals surface area contributed by atoms with Crippen LogP contribution in [-0.4, -0.2) is 39.5 Å². The first-order valence-corrected chi connectivity index (χ1v) is 11.3. The highest BCUT2D eigenvalue weighted by atomic mass is 32.2. The van der Waals surface area contributed by atoms with Gasteiger partial charge in [-0.1, -0.05) is 12.1 Å². The first kappa shape index (κ1) is 20.4. The normalized spacial score (nSPS) is 18.4. The third kappa shape index (κ3) is 4.47. The lowest BCUT2D eigenvalue weighted by Crippen LogP contribution is -2.32. The molecule has 2 amide bonds. The zero-order valence-electron chi connectivity index (χ0n) is 16.3. The number of hydrogen-bond acceptors (Lipinski definition) is 5. The Labute approximate surface area is 175 Å². The number of benzene rings is 2. The molecule has 2 aromatic rings. The number of amides is 2. The van der Waals surface area contributed by atoms with Crippen molar-refractivity contribution in [2.75, 3.05) is 23.2 Å². The molecule has 4 rings (SSSR count). The van der Waals surface area contributed by atoms with Crippen LogP contribution in [0.25, 0.3) is 0 Å². The molecule has 158 valence electrons. The SMILES string of the molecule is O=C1CCc2cc(S(=O)(=O)Nc3ccccc3C(=O)NCC3CCCO3)ccc2N1. The van der Waals surface area contributed by atoms with Crippen molar-refractivity contribution in [2.24, 2.45) is 0 Å². The van der Waals surface area contributed by atoms with E-state index in [1.807, 2.05) is 0 Å². The van der Waals surface area contributed by atoms with Crippen molar-refractivity contribution in [3.8, 4) is 0 Å². The maximum absolute atomic E-state index is 12.9. The summed E-state index contributed by atoms with van der Waals surface area (Å²) in [7, 11) is -3.91. The topological polar surface area (TPSA) is 114 Å². The van der Waals surface area contributed by atoms with Gasteiger partial charge in [-0.3, -0.25) is 14.3 Å². The summed E-state index contributed by atoms with van der Waals surface area (Å²) in [4.78, 5) is 24.2. The summed E-state index contributed by atoms with van der Waals surface area (Å²) >= 11 is 0. The van der Waals surface area contributed by atoms with E-state index in [1.54, 1.807) is 36.4 Å². The highest BCUT2D eigenvalue weighted by Gasteiger charge is 2.23. The van der Waals surface area contributed by atoms with Crippen molar-refractivity contribution in [2.45, 2.75) is 36.7 Å². The number of rotatable bonds is 6. The van der Waals surface area contributed by atoms with Gasteiger partial charge in [-0.05, 0) is 55.2 Å². The van der Waals surface area contributed by atoms with Gasteiger partial charge in [-0.2, -0.15) is 0 Å². The Hall–Kier alpha value is -2.91. The molecule has 0 saturated carbocycles. The average molecular weight is 429 g/mol. The van der Waals surface area contributed by atoms with Crippen LogP contribution in [-0.2, 0) is 26.0 Å². The highest BCUT2D eigenvalue weighted by molar-refractivity contribution is 7.92. The summed E-state index contributed by atoms with van der Waals surface area (Å²) in [6.45, 7) is 1.08. The second-order valence-electron chi connectivity index (χ2n) is 7.36. The molecule has 0 spiro atoms. The molecule has 1 atom stereocenters. The van der Waals surface area contributed by atoms with Crippen LogP contribution in [0.15, 0.2) is 47.4 Å². The van der Waals surface area contributed by atoms with Crippen LogP contribution in [0.5, 0.6) is 0 Å². The highest BCUT2D eigenvalue weighted by Crippen LogP contribution is 2.27. The Morgan fingerprint density at radius 3 is 2.80 bits per heavy atom. The van der Waals surface area contributed by atoms with Gasteiger partial charge in [0.15, 0.2) is 0 Å². The predicted molar refractivity (Wildman–Crippen MR) is 112 cm³/mol. The largest absolute Gasteiger partial charge is 0.376 e. The molecule has 2 aromatic carbocycles. The van der Waals surface area contributed by atoms with Crippen molar-refractivity contribution >= 4 is 33.2 Å². The summed E-state index contributed by atoms with van der Waals surface area (Å²) in [5.74, 6) is -0.448. The Morgan fingerprint density at radius 1 is 1.17 bits per heavy atom. The minimum absolute atomic E-state index is 0.00575. The standard InChI is InChI=1S/C21H23N3O5S/c25-20-10-7-14-12-16(8-9-18(14)23-20)30(27,28)24-19-6-2-1-5-17(19)21(26)22-13-15-4-3-11-29-15/h1-2,5-6,8-9,12,15,24H,3-4,7,10-11,13H2,(H,22,26)(H,23,25). The van der Waals surface area contributed by atoms with Gasteiger partial charge in [0.1, 0.15) is 0 Å². The van der Waals surface area contributed by atoms with Crippen LogP contribution in [0.1, 0.15) is 35.2 Å². The maximum Gasteiger partial charge on any atom is 0.261 e. The van der Waals surface area contributed by atoms with Gasteiger partial charge in [0.05, 0.1) is 22.3 Å². The lowest BCUT2D eigenvalue weighted by Gasteiger charge is -2.18. The van der Waals surface area contributed by atoms with Gasteiger partial charge < -0.3 is 15.4 Å². The maximum atomic E-state index is 12.9. The van der Waals surface area contributed by atoms with Crippen molar-refractivity contribution in [1.29, 1.82) is 0 Å². The molecule has 1 unspecified atom stereocenters. The van der Waals surface area contributed by atoms with E-state index in [4.69, 9.17) is 4.74 Å². The molecule has 0 radical (unpaired) electrons. The molecule has 30 heavy (non-hydrogen) atoms. The minimum atomic E-state index is -3.91. The van der Waals surface area contributed by atoms with Gasteiger partial charge >= 0.3 is 0 Å². The molecule has 0 aliphatic carbocycles. The first-order valence-electron chi connectivity index (χ1n) is 9.87. The molecule has 2 heterocycles. The molecule has 0 aromatic heterocycles. The van der Waals surface area contributed by atoms with E-state index in [0.717, 1.165) is 18.4 Å². The zero-order valence-corrected chi connectivity index (χ0v) is 17.1. The van der Waals surface area contributed by atoms with Crippen LogP contribution in [0.3, 0.4) is 0 Å². The number of nitrogens with one attached hydrogen (secondary N) is 3. The van der Waals surface area contributed by atoms with Crippen LogP contribution in [0, 0.1) is 0 Å². The molecule has 2 aliphatic rings. The number of ether oxygens (including phenoxy) is 1. The third-order valence-electron chi connectivity index (χ3n) is 5.21. The Morgan fingerprint density at radius 2 is 2.00 bits per heavy atom. The van der Waals surface area contributed by atoms with Crippen molar-refractivity contribution in [1.82, 2.24) is 5.32 Å². The molecule has 3 N–H and O–H groups in total. The van der Waals surface area contributed by atoms with Crippen LogP contribution < -0.4 is 15.4 Å². The summed E-state index contributed by atoms with van der Waals surface area (Å²) in [5, 5.41) is 5.54. The number of para-hydroxylation sites is 1. The predicted octanol–water partition coefficient (Wildman–Crippen LogP) is 2.28. The zero-order chi connectivity index (χ0) is 21.1. The summed E-state index contributed by atoms with van der Waals surface area (Å²) in [6, 6.07) is 11.0. The van der Waals surface area contributed by atoms with E-state index in [1.165, 1.54) is 6.07 Å². The molecule has 0 bridgehead atoms. The van der Waals surface area contributed by atoms with Gasteiger partial charge in [0, 0.05) is 25.3 Å². The van der Waals surface area contributed by atoms with E-state index in [-0.39, 0.29) is 34.1 Å². The quantitative estimate of drug-likeness (QED) is 0.652. The van der Waals surface area contributed by atoms with E-state index < -0.39 is 10.0 Å². The Balaban J connectivity index is 1.52. The van der Waals surface area contributed by atoms with Gasteiger partial charge in [-0.15, -0.1) is 0 Å². The number of sulfonamides is 1. The fourth-order valence-corrected chi connectivity index (χ4v) is 4.74. The fourth-order valence-electron chi connectivity index (χ4n) is 3.61. The Bertz CT molecular complexity index is 1080. The van der Waals surface area contributed by atoms with Crippen molar-refractivity contribution < 1.29 is 22.7 Å². The monoisotopic (exact) mass is 429 g/mol. The second kappa shape index (κ2) is 8.45. The first-order chi connectivity index (χ1) is 14.4. The smallest absolute Gasteiger partial charge is 0.261 e. The Kier molecular flexibility index (Phi) is 5.74. The number of anilines is 2. The van der Waals surface area contributed by atoms with Gasteiger partial charge in [0.2, 0.25) is 5.91 Å². The lowest BCUT2D eigenvalue weighted by molar-refractivity contribution is -0.116. The van der Waals surface area contributed by atoms with Crippen LogP contribution in [0.4, 0.5) is 11.4 Å². The average Bonchev–Trinajstić information content (AvgIpc) is 3.25. The van der Waals surface area contributed by atoms with Crippen molar-refractivity contribution in [3.05, 3.63) is 53.6 Å². The second-order valence-corrected chi connectivity index (χ2v) is 9.05. The summed E-state index contributed by atoms with van der Waals surface area (Å²) in [5.41, 5.74) is 1.83. The van der Waals surface area contributed by atoms with E-state index in [0.29, 0.717) is 31.7 Å². The van der Waals surface area contributed by atoms with Gasteiger partial charge in [0.25, 0.3) is 15.9 Å². The molecule has 8 nitrogen and oxygen atoms in total. The molecule has 1 fully saturated rings. The number of fused-ring (bicyclic) bond motifs is 1. The van der Waals surface area contributed by atoms with E-state index in [9.17, 15) is 18.0 Å². The van der Waals surface area contributed by atoms with E-state index in [2.05, 4.69) is 15.4 Å². The third-order valence-corrected chi connectivity index (χ3v) is 6.58. The fraction of sp³-hybridized carbons (Fsp3) is 0.333. The minimum Gasteiger partial charge on any atom is -0.376 e. The molecule has 2 aliphatic heterocycles. The summed E-state index contributed by atoms with van der Waals surface area (Å²) < 4.78 is 33.9. The van der Waals surface area contributed by atoms with Crippen molar-refractivity contribution in [3.63, 3.8) is 0 Å². The van der Waals surface area contributed by atoms with Gasteiger partial charge in [-0.25, -0.2) is 8.42 Å². The lowest BCUT2D eigenvalue weighted by atomic mass is 10.0. The summed E-state index contributed by atoms with van der Waals surface area (Å²) in [6.07, 6.45) is 2.66. The molecular weight excluding hydrogens is 406 g/mol. The van der Waals surface area contributed by atoms with Crippen LogP contribution >= 0.6 is 0 Å². The molecule has 9 heteroatoms. The van der Waals surface area contributed by atoms with E-state index >= 15 is 0 Å². The number of carbonyl (C=O) groups is 2. The number of carbonyl (C=O) groups excluding carboxylic acids is 2. The molecular formula is C21H23N3O5S. The molecule has 1 saturated heterocycles. The van der Waals surface area contributed by atoms with Crippen LogP contribution in [0.2, 0.25) is 0 Å². The number of hydrogen-bond donors (Lipinski definition) is 3. The number of aryl methyl sites for hydroxylation is 1.